The highest BCUT2D eigenvalue weighted by atomic mass is 16.6. The van der Waals surface area contributed by atoms with Gasteiger partial charge in [0.2, 0.25) is 0 Å². The van der Waals surface area contributed by atoms with E-state index in [1.54, 1.807) is 14.0 Å². The van der Waals surface area contributed by atoms with Crippen LogP contribution in [-0.4, -0.2) is 54.8 Å². The van der Waals surface area contributed by atoms with Crippen molar-refractivity contribution in [2.24, 2.45) is 0 Å². The molecule has 0 aromatic heterocycles. The maximum absolute atomic E-state index is 11.8. The molecule has 1 saturated carbocycles. The number of nitrogens with zero attached hydrogens (tertiary/aromatic N) is 1. The predicted molar refractivity (Wildman–Crippen MR) is 75.5 cm³/mol. The Balaban J connectivity index is 2.30. The highest BCUT2D eigenvalue weighted by molar-refractivity contribution is 5.84. The molecular weight excluding hydrogens is 260 g/mol. The van der Waals surface area contributed by atoms with E-state index in [0.29, 0.717) is 19.7 Å². The molecule has 0 radical (unpaired) electrons. The first kappa shape index (κ1) is 16.8. The van der Waals surface area contributed by atoms with Crippen molar-refractivity contribution in [2.75, 3.05) is 26.7 Å². The monoisotopic (exact) mass is 286 g/mol. The van der Waals surface area contributed by atoms with Gasteiger partial charge < -0.3 is 19.7 Å². The Kier molecular flexibility index (Phi) is 5.39. The molecule has 0 bridgehead atoms. The summed E-state index contributed by atoms with van der Waals surface area (Å²) in [5.41, 5.74) is -1.02. The second kappa shape index (κ2) is 6.43. The van der Waals surface area contributed by atoms with E-state index in [-0.39, 0.29) is 12.1 Å². The molecular formula is C14H26N2O4. The van der Waals surface area contributed by atoms with Crippen LogP contribution in [0.2, 0.25) is 0 Å². The molecule has 1 rings (SSSR count). The summed E-state index contributed by atoms with van der Waals surface area (Å²) < 4.78 is 10.3. The normalized spacial score (nSPS) is 16.4. The molecule has 0 aromatic carbocycles. The van der Waals surface area contributed by atoms with Crippen LogP contribution in [0.3, 0.4) is 0 Å². The Bertz CT molecular complexity index is 359. The smallest absolute Gasteiger partial charge is 0.410 e. The zero-order valence-electron chi connectivity index (χ0n) is 13.1. The van der Waals surface area contributed by atoms with Crippen LogP contribution >= 0.6 is 0 Å². The van der Waals surface area contributed by atoms with Crippen LogP contribution in [0, 0.1) is 0 Å². The van der Waals surface area contributed by atoms with Crippen molar-refractivity contribution in [3.63, 3.8) is 0 Å². The van der Waals surface area contributed by atoms with Gasteiger partial charge in [-0.15, -0.1) is 0 Å². The molecule has 1 aliphatic rings. The van der Waals surface area contributed by atoms with Gasteiger partial charge in [-0.25, -0.2) is 4.79 Å². The molecule has 116 valence electrons. The lowest BCUT2D eigenvalue weighted by molar-refractivity contribution is -0.146. The van der Waals surface area contributed by atoms with Crippen LogP contribution < -0.4 is 5.32 Å². The van der Waals surface area contributed by atoms with Crippen LogP contribution in [0.15, 0.2) is 0 Å². The molecule has 0 spiro atoms. The molecule has 0 aromatic rings. The molecule has 1 fully saturated rings. The molecule has 0 heterocycles. The lowest BCUT2D eigenvalue weighted by Gasteiger charge is -2.25. The number of hydrogen-bond donors (Lipinski definition) is 1. The molecule has 20 heavy (non-hydrogen) atoms. The fourth-order valence-electron chi connectivity index (χ4n) is 1.74. The van der Waals surface area contributed by atoms with E-state index in [0.717, 1.165) is 12.8 Å². The highest BCUT2D eigenvalue weighted by Crippen LogP contribution is 2.36. The van der Waals surface area contributed by atoms with E-state index in [2.05, 4.69) is 5.32 Å². The van der Waals surface area contributed by atoms with Crippen molar-refractivity contribution in [1.29, 1.82) is 0 Å². The summed E-state index contributed by atoms with van der Waals surface area (Å²) in [4.78, 5) is 25.0. The third kappa shape index (κ3) is 5.00. The summed E-state index contributed by atoms with van der Waals surface area (Å²) in [5, 5.41) is 3.18. The van der Waals surface area contributed by atoms with Crippen molar-refractivity contribution in [2.45, 2.75) is 51.7 Å². The molecule has 6 nitrogen and oxygen atoms in total. The Morgan fingerprint density at radius 1 is 1.30 bits per heavy atom. The quantitative estimate of drug-likeness (QED) is 0.750. The number of hydrogen-bond acceptors (Lipinski definition) is 5. The van der Waals surface area contributed by atoms with Gasteiger partial charge in [0.15, 0.2) is 0 Å². The van der Waals surface area contributed by atoms with E-state index < -0.39 is 11.1 Å². The zero-order valence-corrected chi connectivity index (χ0v) is 13.1. The van der Waals surface area contributed by atoms with E-state index in [1.807, 2.05) is 20.8 Å². The molecule has 6 heteroatoms. The molecule has 0 aliphatic heterocycles. The van der Waals surface area contributed by atoms with E-state index in [9.17, 15) is 9.59 Å². The number of carbonyl (C=O) groups is 2. The Morgan fingerprint density at radius 3 is 2.35 bits per heavy atom. The van der Waals surface area contributed by atoms with Crippen molar-refractivity contribution in [1.82, 2.24) is 10.2 Å². The van der Waals surface area contributed by atoms with E-state index in [4.69, 9.17) is 9.47 Å². The number of esters is 1. The fourth-order valence-corrected chi connectivity index (χ4v) is 1.74. The van der Waals surface area contributed by atoms with Crippen molar-refractivity contribution >= 4 is 12.1 Å². The summed E-state index contributed by atoms with van der Waals surface area (Å²) in [6.45, 7) is 8.69. The first-order valence-corrected chi connectivity index (χ1v) is 7.06. The van der Waals surface area contributed by atoms with Crippen LogP contribution in [0.5, 0.6) is 0 Å². The lowest BCUT2D eigenvalue weighted by Crippen LogP contribution is -2.45. The molecule has 0 saturated heterocycles. The van der Waals surface area contributed by atoms with Gasteiger partial charge in [0.25, 0.3) is 0 Å². The first-order chi connectivity index (χ1) is 9.20. The predicted octanol–water partition coefficient (Wildman–Crippen LogP) is 1.54. The van der Waals surface area contributed by atoms with E-state index in [1.165, 1.54) is 4.90 Å². The van der Waals surface area contributed by atoms with Crippen LogP contribution in [0.1, 0.15) is 40.5 Å². The molecule has 1 aliphatic carbocycles. The number of nitrogens with one attached hydrogen (secondary N) is 1. The molecule has 1 N–H and O–H groups in total. The van der Waals surface area contributed by atoms with Gasteiger partial charge in [0, 0.05) is 20.1 Å². The largest absolute Gasteiger partial charge is 0.465 e. The number of ether oxygens (including phenoxy) is 2. The SMILES string of the molecule is CCOC(=O)C1(NCCN(C)C(=O)OC(C)(C)C)CC1. The molecule has 0 atom stereocenters. The van der Waals surface area contributed by atoms with Crippen molar-refractivity contribution < 1.29 is 19.1 Å². The lowest BCUT2D eigenvalue weighted by atomic mass is 10.2. The minimum Gasteiger partial charge on any atom is -0.465 e. The van der Waals surface area contributed by atoms with Crippen molar-refractivity contribution in [3.8, 4) is 0 Å². The molecule has 1 amide bonds. The average Bonchev–Trinajstić information content (AvgIpc) is 3.08. The van der Waals surface area contributed by atoms with Crippen LogP contribution in [-0.2, 0) is 14.3 Å². The maximum atomic E-state index is 11.8. The fraction of sp³-hybridized carbons (Fsp3) is 0.857. The van der Waals surface area contributed by atoms with Gasteiger partial charge in [-0.1, -0.05) is 0 Å². The number of likely N-dealkylation sites (N-methyl/N-ethyl adjacent to an activating group) is 1. The summed E-state index contributed by atoms with van der Waals surface area (Å²) in [5.74, 6) is -0.195. The maximum Gasteiger partial charge on any atom is 0.410 e. The third-order valence-electron chi connectivity index (χ3n) is 3.03. The van der Waals surface area contributed by atoms with Gasteiger partial charge in [-0.05, 0) is 40.5 Å². The summed E-state index contributed by atoms with van der Waals surface area (Å²) in [6.07, 6.45) is 1.23. The first-order valence-electron chi connectivity index (χ1n) is 7.06. The van der Waals surface area contributed by atoms with Crippen LogP contribution in [0.4, 0.5) is 4.79 Å². The van der Waals surface area contributed by atoms with Gasteiger partial charge >= 0.3 is 12.1 Å². The van der Waals surface area contributed by atoms with Gasteiger partial charge in [0.1, 0.15) is 11.1 Å². The van der Waals surface area contributed by atoms with Gasteiger partial charge in [-0.2, -0.15) is 0 Å². The van der Waals surface area contributed by atoms with E-state index >= 15 is 0 Å². The summed E-state index contributed by atoms with van der Waals surface area (Å²) in [7, 11) is 1.68. The zero-order chi connectivity index (χ0) is 15.4. The summed E-state index contributed by atoms with van der Waals surface area (Å²) >= 11 is 0. The number of rotatable bonds is 6. The molecule has 0 unspecified atom stereocenters. The number of amides is 1. The highest BCUT2D eigenvalue weighted by Gasteiger charge is 2.50. The number of carbonyl (C=O) groups excluding carboxylic acids is 2. The Hall–Kier alpha value is -1.30. The Labute approximate surface area is 120 Å². The van der Waals surface area contributed by atoms with Crippen molar-refractivity contribution in [3.05, 3.63) is 0 Å². The van der Waals surface area contributed by atoms with Crippen LogP contribution in [0.25, 0.3) is 0 Å². The topological polar surface area (TPSA) is 67.9 Å². The van der Waals surface area contributed by atoms with Gasteiger partial charge in [0.05, 0.1) is 6.61 Å². The Morgan fingerprint density at radius 2 is 1.90 bits per heavy atom. The second-order valence-corrected chi connectivity index (χ2v) is 6.13. The third-order valence-corrected chi connectivity index (χ3v) is 3.03. The average molecular weight is 286 g/mol. The standard InChI is InChI=1S/C14H26N2O4/c1-6-19-11(17)14(7-8-14)15-9-10-16(5)12(18)20-13(2,3)4/h15H,6-10H2,1-5H3. The minimum atomic E-state index is -0.523. The minimum absolute atomic E-state index is 0.195. The summed E-state index contributed by atoms with van der Waals surface area (Å²) in [6, 6.07) is 0. The van der Waals surface area contributed by atoms with Gasteiger partial charge in [-0.3, -0.25) is 4.79 Å². The second-order valence-electron chi connectivity index (χ2n) is 6.13.